The lowest BCUT2D eigenvalue weighted by Gasteiger charge is -2.19. The molecule has 0 N–H and O–H groups in total. The maximum atomic E-state index is 12.9. The highest BCUT2D eigenvalue weighted by atomic mass is 79.9. The third kappa shape index (κ3) is 3.01. The number of fused-ring (bicyclic) bond motifs is 1. The first kappa shape index (κ1) is 17.7. The summed E-state index contributed by atoms with van der Waals surface area (Å²) in [6, 6.07) is 14.6. The zero-order chi connectivity index (χ0) is 20.0. The predicted octanol–water partition coefficient (Wildman–Crippen LogP) is 2.99. The molecule has 0 unspecified atom stereocenters. The number of amides is 2. The minimum Gasteiger partial charge on any atom is -0.337 e. The van der Waals surface area contributed by atoms with E-state index < -0.39 is 18.0 Å². The van der Waals surface area contributed by atoms with Gasteiger partial charge in [-0.25, -0.2) is 4.90 Å². The Morgan fingerprint density at radius 2 is 1.76 bits per heavy atom. The number of rotatable bonds is 4. The Bertz CT molecular complexity index is 1110. The van der Waals surface area contributed by atoms with E-state index in [0.29, 0.717) is 11.5 Å². The number of halogens is 1. The number of anilines is 1. The maximum Gasteiger partial charge on any atom is 0.263 e. The van der Waals surface area contributed by atoms with Crippen LogP contribution in [-0.4, -0.2) is 39.0 Å². The first-order valence-electron chi connectivity index (χ1n) is 8.80. The van der Waals surface area contributed by atoms with Crippen LogP contribution in [0.15, 0.2) is 73.9 Å². The molecule has 1 fully saturated rings. The number of carbonyl (C=O) groups is 2. The number of nitrogens with zero attached hydrogens (tertiary/aromatic N) is 6. The molecule has 2 amide bonds. The molecule has 0 bridgehead atoms. The van der Waals surface area contributed by atoms with Crippen molar-refractivity contribution in [2.45, 2.75) is 18.6 Å². The van der Waals surface area contributed by atoms with Crippen molar-refractivity contribution in [2.75, 3.05) is 4.90 Å². The number of para-hydroxylation sites is 1. The quantitative estimate of drug-likeness (QED) is 0.563. The van der Waals surface area contributed by atoms with Gasteiger partial charge in [-0.3, -0.25) is 14.6 Å². The van der Waals surface area contributed by atoms with Gasteiger partial charge in [-0.05, 0) is 36.4 Å². The Kier molecular flexibility index (Phi) is 4.20. The van der Waals surface area contributed by atoms with Crippen LogP contribution in [0.4, 0.5) is 5.69 Å². The fourth-order valence-corrected chi connectivity index (χ4v) is 3.62. The molecule has 5 rings (SSSR count). The third-order valence-corrected chi connectivity index (χ3v) is 5.27. The van der Waals surface area contributed by atoms with Crippen molar-refractivity contribution in [3.8, 4) is 11.4 Å². The van der Waals surface area contributed by atoms with E-state index in [-0.39, 0.29) is 18.3 Å². The van der Waals surface area contributed by atoms with E-state index in [0.717, 1.165) is 14.9 Å². The number of imide groups is 1. The fraction of sp³-hybridized carbons (Fsp3) is 0.158. The topological polar surface area (TPSA) is 104 Å². The summed E-state index contributed by atoms with van der Waals surface area (Å²) in [5.74, 6) is -0.0526. The van der Waals surface area contributed by atoms with Crippen molar-refractivity contribution >= 4 is 33.4 Å². The van der Waals surface area contributed by atoms with Crippen molar-refractivity contribution in [3.63, 3.8) is 0 Å². The molecule has 0 saturated carbocycles. The van der Waals surface area contributed by atoms with Gasteiger partial charge < -0.3 is 4.52 Å². The molecule has 2 aliphatic rings. The van der Waals surface area contributed by atoms with Crippen molar-refractivity contribution in [1.29, 1.82) is 0 Å². The highest BCUT2D eigenvalue weighted by Crippen LogP contribution is 2.32. The minimum atomic E-state index is -0.864. The van der Waals surface area contributed by atoms with E-state index in [2.05, 4.69) is 36.4 Å². The molecule has 3 heterocycles. The smallest absolute Gasteiger partial charge is 0.263 e. The number of hydrogen-bond acceptors (Lipinski definition) is 8. The molecule has 1 aromatic heterocycles. The highest BCUT2D eigenvalue weighted by molar-refractivity contribution is 9.10. The van der Waals surface area contributed by atoms with E-state index in [1.54, 1.807) is 24.3 Å². The van der Waals surface area contributed by atoms with Gasteiger partial charge in [0.15, 0.2) is 12.1 Å². The van der Waals surface area contributed by atoms with Gasteiger partial charge in [-0.15, -0.1) is 0 Å². The number of benzene rings is 2. The lowest BCUT2D eigenvalue weighted by Crippen LogP contribution is -2.39. The van der Waals surface area contributed by atoms with Crippen LogP contribution < -0.4 is 4.90 Å². The monoisotopic (exact) mass is 452 g/mol. The van der Waals surface area contributed by atoms with E-state index in [1.165, 1.54) is 5.01 Å². The summed E-state index contributed by atoms with van der Waals surface area (Å²) in [6.07, 6.45) is 0. The van der Waals surface area contributed by atoms with Gasteiger partial charge in [0, 0.05) is 10.0 Å². The molecule has 9 nitrogen and oxygen atoms in total. The maximum absolute atomic E-state index is 12.9. The van der Waals surface area contributed by atoms with Gasteiger partial charge >= 0.3 is 0 Å². The Labute approximate surface area is 173 Å². The number of hydrogen-bond donors (Lipinski definition) is 0. The van der Waals surface area contributed by atoms with Crippen LogP contribution in [0.1, 0.15) is 5.89 Å². The molecule has 0 radical (unpaired) electrons. The van der Waals surface area contributed by atoms with Crippen molar-refractivity contribution in [1.82, 2.24) is 15.1 Å². The second kappa shape index (κ2) is 6.89. The van der Waals surface area contributed by atoms with E-state index in [4.69, 9.17) is 4.52 Å². The first-order valence-corrected chi connectivity index (χ1v) is 9.60. The van der Waals surface area contributed by atoms with E-state index in [9.17, 15) is 9.59 Å². The fourth-order valence-electron chi connectivity index (χ4n) is 3.36. The van der Waals surface area contributed by atoms with Gasteiger partial charge in [0.2, 0.25) is 11.7 Å². The van der Waals surface area contributed by atoms with Gasteiger partial charge in [0.1, 0.15) is 6.54 Å². The van der Waals surface area contributed by atoms with Crippen LogP contribution in [0.25, 0.3) is 11.4 Å². The van der Waals surface area contributed by atoms with Crippen molar-refractivity contribution in [3.05, 3.63) is 65.0 Å². The summed E-state index contributed by atoms with van der Waals surface area (Å²) in [4.78, 5) is 31.1. The average Bonchev–Trinajstić information content (AvgIpc) is 3.42. The minimum absolute atomic E-state index is 0.0792. The van der Waals surface area contributed by atoms with Crippen LogP contribution >= 0.6 is 15.9 Å². The summed E-state index contributed by atoms with van der Waals surface area (Å²) >= 11 is 3.38. The first-order chi connectivity index (χ1) is 14.1. The molecule has 144 valence electrons. The van der Waals surface area contributed by atoms with Gasteiger partial charge in [0.05, 0.1) is 5.69 Å². The molecular formula is C19H13BrN6O3. The molecule has 1 saturated heterocycles. The Morgan fingerprint density at radius 3 is 2.52 bits per heavy atom. The lowest BCUT2D eigenvalue weighted by molar-refractivity contribution is -0.123. The second-order valence-electron chi connectivity index (χ2n) is 6.56. The van der Waals surface area contributed by atoms with Crippen LogP contribution in [0.3, 0.4) is 0 Å². The van der Waals surface area contributed by atoms with Gasteiger partial charge in [-0.1, -0.05) is 44.5 Å². The molecule has 29 heavy (non-hydrogen) atoms. The molecule has 2 atom stereocenters. The van der Waals surface area contributed by atoms with E-state index >= 15 is 0 Å². The largest absolute Gasteiger partial charge is 0.337 e. The SMILES string of the molecule is O=C1[C@@H]2[C@@H](N=NN2Cc2nc(-c3ccc(Br)cc3)no2)C(=O)N1c1ccccc1. The summed E-state index contributed by atoms with van der Waals surface area (Å²) in [5.41, 5.74) is 1.31. The standard InChI is InChI=1S/C19H13BrN6O3/c20-12-8-6-11(7-9-12)17-21-14(29-23-17)10-25-16-15(22-24-25)18(27)26(19(16)28)13-4-2-1-3-5-13/h1-9,15-16H,10H2/t15-,16+/m1/s1. The molecule has 2 aromatic carbocycles. The van der Waals surface area contributed by atoms with Crippen LogP contribution in [0, 0.1) is 0 Å². The Hall–Kier alpha value is -3.40. The van der Waals surface area contributed by atoms with Crippen LogP contribution in [0.2, 0.25) is 0 Å². The zero-order valence-electron chi connectivity index (χ0n) is 14.8. The molecule has 0 aliphatic carbocycles. The summed E-state index contributed by atoms with van der Waals surface area (Å²) in [7, 11) is 0. The summed E-state index contributed by atoms with van der Waals surface area (Å²) in [5, 5.41) is 13.4. The summed E-state index contributed by atoms with van der Waals surface area (Å²) < 4.78 is 6.25. The lowest BCUT2D eigenvalue weighted by atomic mass is 10.1. The predicted molar refractivity (Wildman–Crippen MR) is 104 cm³/mol. The van der Waals surface area contributed by atoms with Gasteiger partial charge in [0.25, 0.3) is 11.8 Å². The van der Waals surface area contributed by atoms with Gasteiger partial charge in [-0.2, -0.15) is 10.1 Å². The normalized spacial score (nSPS) is 20.6. The second-order valence-corrected chi connectivity index (χ2v) is 7.47. The Balaban J connectivity index is 1.36. The molecule has 10 heteroatoms. The Morgan fingerprint density at radius 1 is 1.00 bits per heavy atom. The third-order valence-electron chi connectivity index (χ3n) is 4.74. The number of carbonyl (C=O) groups excluding carboxylic acids is 2. The highest BCUT2D eigenvalue weighted by Gasteiger charge is 2.55. The molecule has 3 aromatic rings. The van der Waals surface area contributed by atoms with Crippen molar-refractivity contribution < 1.29 is 14.1 Å². The van der Waals surface area contributed by atoms with E-state index in [1.807, 2.05) is 30.3 Å². The van der Waals surface area contributed by atoms with Crippen LogP contribution in [-0.2, 0) is 16.1 Å². The van der Waals surface area contributed by atoms with Crippen molar-refractivity contribution in [2.24, 2.45) is 10.3 Å². The zero-order valence-corrected chi connectivity index (χ0v) is 16.4. The van der Waals surface area contributed by atoms with Crippen LogP contribution in [0.5, 0.6) is 0 Å². The molecule has 2 aliphatic heterocycles. The summed E-state index contributed by atoms with van der Waals surface area (Å²) in [6.45, 7) is 0.0792. The number of aromatic nitrogens is 2. The average molecular weight is 453 g/mol. The molecular weight excluding hydrogens is 440 g/mol. The molecule has 0 spiro atoms.